The third-order valence-corrected chi connectivity index (χ3v) is 1.61. The van der Waals surface area contributed by atoms with E-state index in [-0.39, 0.29) is 0 Å². The number of para-hydroxylation sites is 1. The molecule has 2 aromatic rings. The lowest BCUT2D eigenvalue weighted by Crippen LogP contribution is -1.84. The summed E-state index contributed by atoms with van der Waals surface area (Å²) in [5.41, 5.74) is 1.67. The van der Waals surface area contributed by atoms with E-state index in [1.165, 1.54) is 0 Å². The van der Waals surface area contributed by atoms with Gasteiger partial charge in [0.25, 0.3) is 0 Å². The summed E-state index contributed by atoms with van der Waals surface area (Å²) >= 11 is 0. The molecule has 0 atom stereocenters. The van der Waals surface area contributed by atoms with Crippen molar-refractivity contribution in [3.8, 4) is 0 Å². The largest absolute Gasteiger partial charge is 0.519 e. The molecule has 12 heavy (non-hydrogen) atoms. The van der Waals surface area contributed by atoms with Crippen molar-refractivity contribution in [1.29, 1.82) is 0 Å². The van der Waals surface area contributed by atoms with Gasteiger partial charge in [-0.3, -0.25) is 0 Å². The Morgan fingerprint density at radius 1 is 1.33 bits per heavy atom. The summed E-state index contributed by atoms with van der Waals surface area (Å²) in [6.07, 6.45) is 1.61. The Kier molecular flexibility index (Phi) is 1.37. The minimum absolute atomic E-state index is 0.456. The molecule has 0 aliphatic carbocycles. The zero-order valence-electron chi connectivity index (χ0n) is 6.24. The highest BCUT2D eigenvalue weighted by Gasteiger charge is 2.05. The van der Waals surface area contributed by atoms with Crippen LogP contribution in [0.5, 0.6) is 0 Å². The van der Waals surface area contributed by atoms with Crippen molar-refractivity contribution in [2.75, 3.05) is 0 Å². The SMILES string of the molecule is C=Cc1cccc2oc(=O)oc12. The average molecular weight is 162 g/mol. The standard InChI is InChI=1S/C9H6O3/c1-2-6-4-3-5-7-8(6)12-9(10)11-7/h2-5H,1H2. The first-order valence-electron chi connectivity index (χ1n) is 3.46. The molecule has 2 rings (SSSR count). The van der Waals surface area contributed by atoms with E-state index in [0.29, 0.717) is 11.2 Å². The molecular weight excluding hydrogens is 156 g/mol. The summed E-state index contributed by atoms with van der Waals surface area (Å²) in [4.78, 5) is 10.7. The van der Waals surface area contributed by atoms with E-state index in [9.17, 15) is 4.79 Å². The Morgan fingerprint density at radius 2 is 2.17 bits per heavy atom. The monoisotopic (exact) mass is 162 g/mol. The van der Waals surface area contributed by atoms with Crippen LogP contribution in [0.2, 0.25) is 0 Å². The van der Waals surface area contributed by atoms with Crippen molar-refractivity contribution >= 4 is 17.2 Å². The van der Waals surface area contributed by atoms with Crippen molar-refractivity contribution in [1.82, 2.24) is 0 Å². The van der Waals surface area contributed by atoms with Gasteiger partial charge >= 0.3 is 5.82 Å². The molecular formula is C9H6O3. The van der Waals surface area contributed by atoms with Crippen molar-refractivity contribution < 1.29 is 8.83 Å². The maximum atomic E-state index is 10.7. The highest BCUT2D eigenvalue weighted by molar-refractivity contribution is 5.80. The van der Waals surface area contributed by atoms with E-state index < -0.39 is 5.82 Å². The van der Waals surface area contributed by atoms with Gasteiger partial charge in [0.05, 0.1) is 0 Å². The molecule has 3 nitrogen and oxygen atoms in total. The van der Waals surface area contributed by atoms with Crippen LogP contribution in [-0.2, 0) is 0 Å². The van der Waals surface area contributed by atoms with E-state index in [0.717, 1.165) is 5.56 Å². The molecule has 0 fully saturated rings. The van der Waals surface area contributed by atoms with Crippen molar-refractivity contribution in [2.45, 2.75) is 0 Å². The fourth-order valence-electron chi connectivity index (χ4n) is 1.08. The number of benzene rings is 1. The van der Waals surface area contributed by atoms with E-state index >= 15 is 0 Å². The van der Waals surface area contributed by atoms with Crippen LogP contribution in [0, 0.1) is 0 Å². The van der Waals surface area contributed by atoms with Gasteiger partial charge < -0.3 is 8.83 Å². The molecule has 0 N–H and O–H groups in total. The molecule has 3 heteroatoms. The molecule has 0 bridgehead atoms. The smallest absolute Gasteiger partial charge is 0.391 e. The van der Waals surface area contributed by atoms with Crippen LogP contribution in [0.1, 0.15) is 5.56 Å². The first kappa shape index (κ1) is 6.91. The minimum Gasteiger partial charge on any atom is -0.391 e. The zero-order valence-corrected chi connectivity index (χ0v) is 6.24. The van der Waals surface area contributed by atoms with Gasteiger partial charge in [-0.25, -0.2) is 4.79 Å². The molecule has 1 aromatic carbocycles. The van der Waals surface area contributed by atoms with Gasteiger partial charge in [-0.2, -0.15) is 0 Å². The predicted molar refractivity (Wildman–Crippen MR) is 44.8 cm³/mol. The Hall–Kier alpha value is -1.77. The molecule has 0 aliphatic heterocycles. The summed E-state index contributed by atoms with van der Waals surface area (Å²) in [7, 11) is 0. The highest BCUT2D eigenvalue weighted by atomic mass is 16.6. The van der Waals surface area contributed by atoms with Gasteiger partial charge in [0.1, 0.15) is 0 Å². The second-order valence-electron chi connectivity index (χ2n) is 2.33. The lowest BCUT2D eigenvalue weighted by molar-refractivity contribution is 0.409. The minimum atomic E-state index is -0.681. The van der Waals surface area contributed by atoms with Gasteiger partial charge in [0.15, 0.2) is 11.2 Å². The molecule has 0 saturated carbocycles. The van der Waals surface area contributed by atoms with Crippen LogP contribution in [0.25, 0.3) is 17.2 Å². The highest BCUT2D eigenvalue weighted by Crippen LogP contribution is 2.17. The topological polar surface area (TPSA) is 43.4 Å². The van der Waals surface area contributed by atoms with Crippen molar-refractivity contribution in [3.63, 3.8) is 0 Å². The summed E-state index contributed by atoms with van der Waals surface area (Å²) in [5.74, 6) is -0.681. The molecule has 0 spiro atoms. The Balaban J connectivity index is 2.96. The number of fused-ring (bicyclic) bond motifs is 1. The molecule has 0 aliphatic rings. The first-order chi connectivity index (χ1) is 5.81. The molecule has 0 amide bonds. The Labute approximate surface area is 67.9 Å². The summed E-state index contributed by atoms with van der Waals surface area (Å²) < 4.78 is 9.54. The van der Waals surface area contributed by atoms with E-state index in [1.54, 1.807) is 24.3 Å². The molecule has 1 heterocycles. The van der Waals surface area contributed by atoms with Gasteiger partial charge in [-0.1, -0.05) is 24.8 Å². The van der Waals surface area contributed by atoms with Crippen LogP contribution in [-0.4, -0.2) is 0 Å². The number of hydrogen-bond acceptors (Lipinski definition) is 3. The van der Waals surface area contributed by atoms with Gasteiger partial charge in [-0.05, 0) is 6.07 Å². The Bertz CT molecular complexity index is 476. The fourth-order valence-corrected chi connectivity index (χ4v) is 1.08. The molecule has 60 valence electrons. The van der Waals surface area contributed by atoms with E-state index in [4.69, 9.17) is 8.83 Å². The lowest BCUT2D eigenvalue weighted by Gasteiger charge is -1.89. The second kappa shape index (κ2) is 2.37. The predicted octanol–water partition coefficient (Wildman–Crippen LogP) is 2.03. The quantitative estimate of drug-likeness (QED) is 0.644. The second-order valence-corrected chi connectivity index (χ2v) is 2.33. The van der Waals surface area contributed by atoms with Crippen molar-refractivity contribution in [2.24, 2.45) is 0 Å². The zero-order chi connectivity index (χ0) is 8.55. The normalized spacial score (nSPS) is 10.3. The number of hydrogen-bond donors (Lipinski definition) is 0. The van der Waals surface area contributed by atoms with Crippen LogP contribution >= 0.6 is 0 Å². The van der Waals surface area contributed by atoms with Crippen LogP contribution < -0.4 is 5.82 Å². The van der Waals surface area contributed by atoms with Gasteiger partial charge in [0, 0.05) is 5.56 Å². The first-order valence-corrected chi connectivity index (χ1v) is 3.46. The van der Waals surface area contributed by atoms with Gasteiger partial charge in [-0.15, -0.1) is 0 Å². The summed E-state index contributed by atoms with van der Waals surface area (Å²) in [6, 6.07) is 5.25. The van der Waals surface area contributed by atoms with Crippen LogP contribution in [0.3, 0.4) is 0 Å². The molecule has 0 radical (unpaired) electrons. The number of rotatable bonds is 1. The average Bonchev–Trinajstić information content (AvgIpc) is 2.44. The Morgan fingerprint density at radius 3 is 2.92 bits per heavy atom. The van der Waals surface area contributed by atoms with E-state index in [2.05, 4.69) is 6.58 Å². The maximum absolute atomic E-state index is 10.7. The summed E-state index contributed by atoms with van der Waals surface area (Å²) in [5, 5.41) is 0. The van der Waals surface area contributed by atoms with Gasteiger partial charge in [0.2, 0.25) is 0 Å². The lowest BCUT2D eigenvalue weighted by atomic mass is 10.2. The molecule has 1 aromatic heterocycles. The fraction of sp³-hybridized carbons (Fsp3) is 0. The summed E-state index contributed by atoms with van der Waals surface area (Å²) in [6.45, 7) is 3.59. The maximum Gasteiger partial charge on any atom is 0.519 e. The third kappa shape index (κ3) is 0.871. The third-order valence-electron chi connectivity index (χ3n) is 1.61. The van der Waals surface area contributed by atoms with Crippen LogP contribution in [0.4, 0.5) is 0 Å². The molecule has 0 unspecified atom stereocenters. The van der Waals surface area contributed by atoms with Crippen LogP contribution in [0.15, 0.2) is 38.4 Å². The van der Waals surface area contributed by atoms with E-state index in [1.807, 2.05) is 0 Å². The van der Waals surface area contributed by atoms with Crippen molar-refractivity contribution in [3.05, 3.63) is 41.0 Å². The molecule has 0 saturated heterocycles.